The van der Waals surface area contributed by atoms with Gasteiger partial charge >= 0.3 is 11.9 Å². The van der Waals surface area contributed by atoms with Gasteiger partial charge in [0, 0.05) is 5.56 Å². The molecular weight excluding hydrogens is 404 g/mol. The Hall–Kier alpha value is -4.01. The highest BCUT2D eigenvalue weighted by molar-refractivity contribution is 6.21. The summed E-state index contributed by atoms with van der Waals surface area (Å²) >= 11 is 0. The summed E-state index contributed by atoms with van der Waals surface area (Å²) in [6, 6.07) is 12.8. The van der Waals surface area contributed by atoms with Gasteiger partial charge in [-0.1, -0.05) is 24.3 Å². The standard InChI is InChI=1S/C22H20N2O7/c1-30-18(25)12-23(13-19(26)31-2)20(27)15-9-7-14(8-10-15)11-24-21(28)16-5-3-4-6-17(16)22(24)29/h3-10H,11-13H2,1-2H3. The Bertz CT molecular complexity index is 993. The highest BCUT2D eigenvalue weighted by Crippen LogP contribution is 2.24. The molecule has 0 spiro atoms. The van der Waals surface area contributed by atoms with E-state index in [0.717, 1.165) is 9.80 Å². The van der Waals surface area contributed by atoms with Gasteiger partial charge in [-0.05, 0) is 29.8 Å². The number of nitrogens with zero attached hydrogens (tertiary/aromatic N) is 2. The molecule has 0 saturated carbocycles. The first-order chi connectivity index (χ1) is 14.8. The molecule has 0 bridgehead atoms. The molecule has 3 amide bonds. The molecule has 9 nitrogen and oxygen atoms in total. The Morgan fingerprint density at radius 3 is 1.74 bits per heavy atom. The number of rotatable bonds is 7. The van der Waals surface area contributed by atoms with Gasteiger partial charge in [-0.2, -0.15) is 0 Å². The Labute approximate surface area is 178 Å². The van der Waals surface area contributed by atoms with Crippen LogP contribution in [-0.4, -0.2) is 66.8 Å². The lowest BCUT2D eigenvalue weighted by atomic mass is 10.1. The van der Waals surface area contributed by atoms with Crippen molar-refractivity contribution in [2.75, 3.05) is 27.3 Å². The van der Waals surface area contributed by atoms with Crippen molar-refractivity contribution < 1.29 is 33.4 Å². The molecule has 3 rings (SSSR count). The molecule has 9 heteroatoms. The van der Waals surface area contributed by atoms with Crippen molar-refractivity contribution in [2.24, 2.45) is 0 Å². The zero-order valence-electron chi connectivity index (χ0n) is 17.0. The van der Waals surface area contributed by atoms with Crippen LogP contribution in [0.3, 0.4) is 0 Å². The molecule has 160 valence electrons. The molecule has 0 radical (unpaired) electrons. The maximum Gasteiger partial charge on any atom is 0.325 e. The second-order valence-corrected chi connectivity index (χ2v) is 6.75. The Kier molecular flexibility index (Phi) is 6.44. The normalized spacial score (nSPS) is 12.4. The molecule has 0 aliphatic carbocycles. The SMILES string of the molecule is COC(=O)CN(CC(=O)OC)C(=O)c1ccc(CN2C(=O)c3ccccc3C2=O)cc1. The predicted molar refractivity (Wildman–Crippen MR) is 107 cm³/mol. The summed E-state index contributed by atoms with van der Waals surface area (Å²) in [5.41, 5.74) is 1.58. The molecule has 0 saturated heterocycles. The molecule has 1 aliphatic heterocycles. The van der Waals surface area contributed by atoms with E-state index in [-0.39, 0.29) is 23.9 Å². The van der Waals surface area contributed by atoms with Gasteiger partial charge in [-0.25, -0.2) is 0 Å². The molecule has 0 N–H and O–H groups in total. The number of benzene rings is 2. The van der Waals surface area contributed by atoms with Crippen LogP contribution in [-0.2, 0) is 25.6 Å². The Morgan fingerprint density at radius 2 is 1.29 bits per heavy atom. The third kappa shape index (κ3) is 4.61. The van der Waals surface area contributed by atoms with Gasteiger partial charge in [-0.15, -0.1) is 0 Å². The average molecular weight is 424 g/mol. The second kappa shape index (κ2) is 9.21. The number of hydrogen-bond donors (Lipinski definition) is 0. The number of amides is 3. The minimum atomic E-state index is -0.681. The molecule has 2 aromatic carbocycles. The molecule has 0 fully saturated rings. The molecule has 0 aromatic heterocycles. The van der Waals surface area contributed by atoms with E-state index in [4.69, 9.17) is 0 Å². The summed E-state index contributed by atoms with van der Waals surface area (Å²) < 4.78 is 9.14. The van der Waals surface area contributed by atoms with Crippen LogP contribution in [0.15, 0.2) is 48.5 Å². The second-order valence-electron chi connectivity index (χ2n) is 6.75. The van der Waals surface area contributed by atoms with Gasteiger partial charge in [0.15, 0.2) is 0 Å². The lowest BCUT2D eigenvalue weighted by molar-refractivity contribution is -0.144. The van der Waals surface area contributed by atoms with E-state index in [1.54, 1.807) is 36.4 Å². The van der Waals surface area contributed by atoms with Gasteiger partial charge in [0.2, 0.25) is 0 Å². The van der Waals surface area contributed by atoms with Crippen LogP contribution in [0.25, 0.3) is 0 Å². The zero-order chi connectivity index (χ0) is 22.5. The number of hydrogen-bond acceptors (Lipinski definition) is 7. The van der Waals surface area contributed by atoms with E-state index < -0.39 is 30.9 Å². The van der Waals surface area contributed by atoms with Crippen LogP contribution in [0, 0.1) is 0 Å². The Balaban J connectivity index is 1.73. The van der Waals surface area contributed by atoms with E-state index in [9.17, 15) is 24.0 Å². The van der Waals surface area contributed by atoms with Gasteiger partial charge in [0.1, 0.15) is 13.1 Å². The van der Waals surface area contributed by atoms with Crippen molar-refractivity contribution in [3.05, 3.63) is 70.8 Å². The third-order valence-electron chi connectivity index (χ3n) is 4.80. The van der Waals surface area contributed by atoms with Crippen molar-refractivity contribution >= 4 is 29.7 Å². The lowest BCUT2D eigenvalue weighted by Gasteiger charge is -2.20. The van der Waals surface area contributed by atoms with Gasteiger partial charge in [-0.3, -0.25) is 28.9 Å². The van der Waals surface area contributed by atoms with Gasteiger partial charge < -0.3 is 14.4 Å². The fourth-order valence-electron chi connectivity index (χ4n) is 3.14. The summed E-state index contributed by atoms with van der Waals surface area (Å²) in [7, 11) is 2.36. The van der Waals surface area contributed by atoms with E-state index >= 15 is 0 Å². The summed E-state index contributed by atoms with van der Waals surface area (Å²) in [5, 5.41) is 0. The highest BCUT2D eigenvalue weighted by atomic mass is 16.5. The van der Waals surface area contributed by atoms with E-state index in [2.05, 4.69) is 9.47 Å². The number of methoxy groups -OCH3 is 2. The highest BCUT2D eigenvalue weighted by Gasteiger charge is 2.35. The molecule has 2 aromatic rings. The van der Waals surface area contributed by atoms with E-state index in [0.29, 0.717) is 16.7 Å². The maximum atomic E-state index is 12.7. The van der Waals surface area contributed by atoms with Gasteiger partial charge in [0.25, 0.3) is 17.7 Å². The molecule has 0 atom stereocenters. The summed E-state index contributed by atoms with van der Waals surface area (Å²) in [6.45, 7) is -0.780. The van der Waals surface area contributed by atoms with Crippen LogP contribution in [0.2, 0.25) is 0 Å². The van der Waals surface area contributed by atoms with Crippen molar-refractivity contribution in [1.82, 2.24) is 9.80 Å². The van der Waals surface area contributed by atoms with Crippen LogP contribution in [0.4, 0.5) is 0 Å². The molecule has 1 aliphatic rings. The first-order valence-corrected chi connectivity index (χ1v) is 9.32. The zero-order valence-corrected chi connectivity index (χ0v) is 17.0. The minimum absolute atomic E-state index is 0.0504. The van der Waals surface area contributed by atoms with Crippen molar-refractivity contribution in [2.45, 2.75) is 6.54 Å². The van der Waals surface area contributed by atoms with Crippen LogP contribution in [0.1, 0.15) is 36.6 Å². The number of imide groups is 1. The number of fused-ring (bicyclic) bond motifs is 1. The predicted octanol–water partition coefficient (Wildman–Crippen LogP) is 1.27. The third-order valence-corrected chi connectivity index (χ3v) is 4.80. The maximum absolute atomic E-state index is 12.7. The summed E-state index contributed by atoms with van der Waals surface area (Å²) in [6.07, 6.45) is 0. The smallest absolute Gasteiger partial charge is 0.325 e. The summed E-state index contributed by atoms with van der Waals surface area (Å²) in [5.74, 6) is -2.67. The van der Waals surface area contributed by atoms with Crippen LogP contribution >= 0.6 is 0 Å². The molecule has 1 heterocycles. The molecule has 0 unspecified atom stereocenters. The van der Waals surface area contributed by atoms with Crippen LogP contribution in [0.5, 0.6) is 0 Å². The number of carbonyl (C=O) groups excluding carboxylic acids is 5. The number of carbonyl (C=O) groups is 5. The quantitative estimate of drug-likeness (QED) is 0.486. The number of ether oxygens (including phenoxy) is 2. The summed E-state index contributed by atoms with van der Waals surface area (Å²) in [4.78, 5) is 63.1. The lowest BCUT2D eigenvalue weighted by Crippen LogP contribution is -2.40. The van der Waals surface area contributed by atoms with Crippen LogP contribution < -0.4 is 0 Å². The largest absolute Gasteiger partial charge is 0.468 e. The fourth-order valence-corrected chi connectivity index (χ4v) is 3.14. The Morgan fingerprint density at radius 1 is 0.806 bits per heavy atom. The van der Waals surface area contributed by atoms with Crippen molar-refractivity contribution in [3.63, 3.8) is 0 Å². The first-order valence-electron chi connectivity index (χ1n) is 9.32. The number of esters is 2. The van der Waals surface area contributed by atoms with Crippen molar-refractivity contribution in [3.8, 4) is 0 Å². The fraction of sp³-hybridized carbons (Fsp3) is 0.227. The van der Waals surface area contributed by atoms with E-state index in [1.807, 2.05) is 0 Å². The first kappa shape index (κ1) is 21.7. The minimum Gasteiger partial charge on any atom is -0.468 e. The van der Waals surface area contributed by atoms with E-state index in [1.165, 1.54) is 26.4 Å². The molecular formula is C22H20N2O7. The van der Waals surface area contributed by atoms with Crippen molar-refractivity contribution in [1.29, 1.82) is 0 Å². The average Bonchev–Trinajstić information content (AvgIpc) is 3.03. The van der Waals surface area contributed by atoms with Gasteiger partial charge in [0.05, 0.1) is 31.9 Å². The topological polar surface area (TPSA) is 110 Å². The molecule has 31 heavy (non-hydrogen) atoms. The monoisotopic (exact) mass is 424 g/mol.